The van der Waals surface area contributed by atoms with Gasteiger partial charge in [0.1, 0.15) is 0 Å². The molecule has 0 spiro atoms. The van der Waals surface area contributed by atoms with E-state index < -0.39 is 15.9 Å². The van der Waals surface area contributed by atoms with Crippen LogP contribution in [-0.4, -0.2) is 49.7 Å². The highest BCUT2D eigenvalue weighted by atomic mass is 32.2. The van der Waals surface area contributed by atoms with Crippen molar-refractivity contribution in [1.29, 1.82) is 0 Å². The van der Waals surface area contributed by atoms with Gasteiger partial charge in [-0.3, -0.25) is 9.69 Å². The lowest BCUT2D eigenvalue weighted by molar-refractivity contribution is 0.0967. The van der Waals surface area contributed by atoms with Crippen LogP contribution in [0, 0.1) is 0 Å². The molecule has 1 amide bonds. The maximum Gasteiger partial charge on any atom is 0.284 e. The summed E-state index contributed by atoms with van der Waals surface area (Å²) < 4.78 is 32.1. The second-order valence-corrected chi connectivity index (χ2v) is 8.90. The molecule has 0 unspecified atom stereocenters. The van der Waals surface area contributed by atoms with Crippen molar-refractivity contribution in [2.45, 2.75) is 30.4 Å². The second-order valence-electron chi connectivity index (χ2n) is 7.03. The Kier molecular flexibility index (Phi) is 4.79. The van der Waals surface area contributed by atoms with Gasteiger partial charge in [0.05, 0.1) is 0 Å². The lowest BCUT2D eigenvalue weighted by Crippen LogP contribution is -2.49. The van der Waals surface area contributed by atoms with E-state index in [4.69, 9.17) is 10.2 Å². The number of furan rings is 1. The molecule has 0 bridgehead atoms. The van der Waals surface area contributed by atoms with Crippen molar-refractivity contribution >= 4 is 15.9 Å². The van der Waals surface area contributed by atoms with Crippen molar-refractivity contribution < 1.29 is 17.6 Å². The number of sulfonamides is 1. The normalized spacial score (nSPS) is 21.7. The third-order valence-corrected chi connectivity index (χ3v) is 7.24. The van der Waals surface area contributed by atoms with Gasteiger partial charge in [0.2, 0.25) is 5.09 Å². The molecule has 2 heterocycles. The summed E-state index contributed by atoms with van der Waals surface area (Å²) in [5.41, 5.74) is 7.91. The van der Waals surface area contributed by atoms with E-state index in [-0.39, 0.29) is 10.9 Å². The Morgan fingerprint density at radius 1 is 1.07 bits per heavy atom. The van der Waals surface area contributed by atoms with Crippen molar-refractivity contribution in [3.63, 3.8) is 0 Å². The Hall–Kier alpha value is -2.16. The van der Waals surface area contributed by atoms with E-state index >= 15 is 0 Å². The molecule has 1 atom stereocenters. The number of benzene rings is 1. The molecule has 2 N–H and O–H groups in total. The number of rotatable bonds is 4. The number of primary amides is 1. The summed E-state index contributed by atoms with van der Waals surface area (Å²) >= 11 is 0. The summed E-state index contributed by atoms with van der Waals surface area (Å²) in [5, 5.41) is -0.229. The first-order chi connectivity index (χ1) is 13.0. The molecular formula is C19H23N3O4S. The van der Waals surface area contributed by atoms with Crippen molar-refractivity contribution in [3.8, 4) is 0 Å². The summed E-state index contributed by atoms with van der Waals surface area (Å²) in [7, 11) is -3.76. The third-order valence-electron chi connectivity index (χ3n) is 5.47. The number of hydrogen-bond acceptors (Lipinski definition) is 5. The molecule has 1 aliphatic carbocycles. The topological polar surface area (TPSA) is 96.8 Å². The number of hydrogen-bond donors (Lipinski definition) is 1. The van der Waals surface area contributed by atoms with E-state index in [1.807, 2.05) is 0 Å². The fourth-order valence-electron chi connectivity index (χ4n) is 4.08. The first kappa shape index (κ1) is 18.2. The first-order valence-electron chi connectivity index (χ1n) is 9.18. The standard InChI is InChI=1S/C19H23N3O4S/c20-19(23)17-8-9-18(26-17)27(24,25)22-12-10-21(11-13-22)16-7-3-5-14-4-1-2-6-15(14)16/h1-2,4,6,8-9,16H,3,5,7,10-13H2,(H2,20,23)/t16-/m1/s1. The largest absolute Gasteiger partial charge is 0.438 e. The molecule has 0 radical (unpaired) electrons. The van der Waals surface area contributed by atoms with Crippen LogP contribution in [0.4, 0.5) is 0 Å². The van der Waals surface area contributed by atoms with Gasteiger partial charge in [-0.15, -0.1) is 0 Å². The molecule has 144 valence electrons. The van der Waals surface area contributed by atoms with Gasteiger partial charge >= 0.3 is 0 Å². The van der Waals surface area contributed by atoms with Crippen molar-refractivity contribution in [2.75, 3.05) is 26.2 Å². The van der Waals surface area contributed by atoms with E-state index in [1.165, 1.54) is 27.6 Å². The number of nitrogens with zero attached hydrogens (tertiary/aromatic N) is 2. The molecule has 1 saturated heterocycles. The lowest BCUT2D eigenvalue weighted by atomic mass is 9.86. The molecule has 2 aromatic rings. The number of piperazine rings is 1. The van der Waals surface area contributed by atoms with Crippen molar-refractivity contribution in [3.05, 3.63) is 53.3 Å². The van der Waals surface area contributed by atoms with Crippen LogP contribution < -0.4 is 5.73 Å². The van der Waals surface area contributed by atoms with Crippen LogP contribution in [0.25, 0.3) is 0 Å². The average Bonchev–Trinajstić information content (AvgIpc) is 3.19. The average molecular weight is 389 g/mol. The Morgan fingerprint density at radius 2 is 1.81 bits per heavy atom. The van der Waals surface area contributed by atoms with Crippen LogP contribution in [-0.2, 0) is 16.4 Å². The minimum Gasteiger partial charge on any atom is -0.438 e. The van der Waals surface area contributed by atoms with E-state index in [0.717, 1.165) is 19.3 Å². The van der Waals surface area contributed by atoms with Crippen LogP contribution in [0.2, 0.25) is 0 Å². The molecule has 4 rings (SSSR count). The fraction of sp³-hybridized carbons (Fsp3) is 0.421. The zero-order valence-corrected chi connectivity index (χ0v) is 15.8. The van der Waals surface area contributed by atoms with Crippen molar-refractivity contribution in [1.82, 2.24) is 9.21 Å². The highest BCUT2D eigenvalue weighted by molar-refractivity contribution is 7.89. The van der Waals surface area contributed by atoms with Gasteiger partial charge in [-0.05, 0) is 42.5 Å². The molecule has 1 aliphatic heterocycles. The number of carbonyl (C=O) groups is 1. The Morgan fingerprint density at radius 3 is 2.52 bits per heavy atom. The number of nitrogens with two attached hydrogens (primary N) is 1. The van der Waals surface area contributed by atoms with Gasteiger partial charge in [-0.25, -0.2) is 8.42 Å². The number of aryl methyl sites for hydroxylation is 1. The fourth-order valence-corrected chi connectivity index (χ4v) is 5.42. The van der Waals surface area contributed by atoms with Gasteiger partial charge in [0, 0.05) is 32.2 Å². The Bertz CT molecular complexity index is 945. The lowest BCUT2D eigenvalue weighted by Gasteiger charge is -2.40. The summed E-state index contributed by atoms with van der Waals surface area (Å²) in [6.45, 7) is 2.13. The van der Waals surface area contributed by atoms with Crippen LogP contribution >= 0.6 is 0 Å². The van der Waals surface area contributed by atoms with E-state index in [2.05, 4.69) is 29.2 Å². The summed E-state index contributed by atoms with van der Waals surface area (Å²) in [6, 6.07) is 11.5. The monoisotopic (exact) mass is 389 g/mol. The highest BCUT2D eigenvalue weighted by Crippen LogP contribution is 2.35. The van der Waals surface area contributed by atoms with Crippen LogP contribution in [0.15, 0.2) is 45.9 Å². The number of carbonyl (C=O) groups excluding carboxylic acids is 1. The highest BCUT2D eigenvalue weighted by Gasteiger charge is 2.34. The minimum atomic E-state index is -3.76. The molecule has 8 heteroatoms. The Balaban J connectivity index is 1.47. The van der Waals surface area contributed by atoms with E-state index in [1.54, 1.807) is 0 Å². The van der Waals surface area contributed by atoms with Crippen molar-refractivity contribution in [2.24, 2.45) is 5.73 Å². The first-order valence-corrected chi connectivity index (χ1v) is 10.6. The Labute approximate surface area is 158 Å². The molecule has 2 aliphatic rings. The van der Waals surface area contributed by atoms with Gasteiger partial charge in [0.25, 0.3) is 15.9 Å². The third kappa shape index (κ3) is 3.40. The summed E-state index contributed by atoms with van der Waals surface area (Å²) in [5.74, 6) is -0.928. The molecule has 1 aromatic heterocycles. The predicted octanol–water partition coefficient (Wildman–Crippen LogP) is 1.76. The maximum absolute atomic E-state index is 12.8. The zero-order chi connectivity index (χ0) is 19.0. The van der Waals surface area contributed by atoms with Crippen LogP contribution in [0.5, 0.6) is 0 Å². The van der Waals surface area contributed by atoms with Gasteiger partial charge in [-0.2, -0.15) is 4.31 Å². The molecule has 27 heavy (non-hydrogen) atoms. The molecule has 0 saturated carbocycles. The molecule has 7 nitrogen and oxygen atoms in total. The predicted molar refractivity (Wildman–Crippen MR) is 99.7 cm³/mol. The summed E-state index contributed by atoms with van der Waals surface area (Å²) in [4.78, 5) is 13.5. The van der Waals surface area contributed by atoms with Gasteiger partial charge in [0.15, 0.2) is 5.76 Å². The number of fused-ring (bicyclic) bond motifs is 1. The maximum atomic E-state index is 12.8. The smallest absolute Gasteiger partial charge is 0.284 e. The van der Waals surface area contributed by atoms with E-state index in [0.29, 0.717) is 32.2 Å². The molecule has 1 aromatic carbocycles. The SMILES string of the molecule is NC(=O)c1ccc(S(=O)(=O)N2CCN([C@@H]3CCCc4ccccc43)CC2)o1. The molecular weight excluding hydrogens is 366 g/mol. The minimum absolute atomic E-state index is 0.147. The van der Waals surface area contributed by atoms with E-state index in [9.17, 15) is 13.2 Å². The quantitative estimate of drug-likeness (QED) is 0.859. The zero-order valence-electron chi connectivity index (χ0n) is 15.0. The summed E-state index contributed by atoms with van der Waals surface area (Å²) in [6.07, 6.45) is 3.37. The van der Waals surface area contributed by atoms with Crippen LogP contribution in [0.1, 0.15) is 40.6 Å². The van der Waals surface area contributed by atoms with Crippen LogP contribution in [0.3, 0.4) is 0 Å². The second kappa shape index (κ2) is 7.10. The number of amides is 1. The molecule has 1 fully saturated rings. The van der Waals surface area contributed by atoms with Gasteiger partial charge in [-0.1, -0.05) is 24.3 Å². The van der Waals surface area contributed by atoms with Gasteiger partial charge < -0.3 is 10.2 Å².